The van der Waals surface area contributed by atoms with Gasteiger partial charge in [-0.25, -0.2) is 9.78 Å². The fourth-order valence-corrected chi connectivity index (χ4v) is 7.90. The summed E-state index contributed by atoms with van der Waals surface area (Å²) in [5.41, 5.74) is 1.87. The average Bonchev–Trinajstić information content (AvgIpc) is 3.61. The zero-order chi connectivity index (χ0) is 27.7. The van der Waals surface area contributed by atoms with Gasteiger partial charge in [0.2, 0.25) is 5.91 Å². The summed E-state index contributed by atoms with van der Waals surface area (Å²) in [5.74, 6) is 0.978. The Morgan fingerprint density at radius 3 is 2.92 bits per heavy atom. The molecule has 0 aliphatic heterocycles. The lowest BCUT2D eigenvalue weighted by Crippen LogP contribution is -2.24. The van der Waals surface area contributed by atoms with E-state index in [0.717, 1.165) is 29.7 Å². The Labute approximate surface area is 238 Å². The molecule has 0 radical (unpaired) electrons. The average molecular weight is 584 g/mol. The molecule has 1 aliphatic carbocycles. The van der Waals surface area contributed by atoms with Gasteiger partial charge in [0.05, 0.1) is 17.7 Å². The third kappa shape index (κ3) is 5.48. The minimum Gasteiger partial charge on any atom is -0.462 e. The van der Waals surface area contributed by atoms with E-state index in [1.807, 2.05) is 13.0 Å². The van der Waals surface area contributed by atoms with Crippen LogP contribution in [0.1, 0.15) is 46.8 Å². The quantitative estimate of drug-likeness (QED) is 0.107. The van der Waals surface area contributed by atoms with Gasteiger partial charge in [0, 0.05) is 22.4 Å². The number of esters is 1. The van der Waals surface area contributed by atoms with Crippen molar-refractivity contribution in [2.45, 2.75) is 51.7 Å². The third-order valence-electron chi connectivity index (χ3n) is 6.55. The molecule has 8 nitrogen and oxygen atoms in total. The Kier molecular flexibility index (Phi) is 8.11. The van der Waals surface area contributed by atoms with Gasteiger partial charge < -0.3 is 14.5 Å². The number of furan rings is 1. The number of fused-ring (bicyclic) bond motifs is 3. The van der Waals surface area contributed by atoms with Crippen molar-refractivity contribution in [3.05, 3.63) is 62.3 Å². The van der Waals surface area contributed by atoms with E-state index in [-0.39, 0.29) is 29.4 Å². The summed E-state index contributed by atoms with van der Waals surface area (Å²) in [6, 6.07) is 3.60. The highest BCUT2D eigenvalue weighted by atomic mass is 32.2. The van der Waals surface area contributed by atoms with Crippen molar-refractivity contribution in [1.29, 1.82) is 0 Å². The second-order valence-electron chi connectivity index (χ2n) is 9.45. The van der Waals surface area contributed by atoms with Gasteiger partial charge in [-0.2, -0.15) is 0 Å². The number of thioether (sulfide) groups is 1. The molecule has 0 saturated carbocycles. The summed E-state index contributed by atoms with van der Waals surface area (Å²) in [6.45, 7) is 10.1. The molecule has 0 spiro atoms. The van der Waals surface area contributed by atoms with Crippen molar-refractivity contribution in [2.24, 2.45) is 5.92 Å². The van der Waals surface area contributed by atoms with Crippen LogP contribution in [-0.4, -0.2) is 33.8 Å². The molecule has 1 N–H and O–H groups in total. The fraction of sp³-hybridized carbons (Fsp3) is 0.357. The van der Waals surface area contributed by atoms with Gasteiger partial charge in [0.1, 0.15) is 26.9 Å². The summed E-state index contributed by atoms with van der Waals surface area (Å²) < 4.78 is 12.6. The fourth-order valence-electron chi connectivity index (χ4n) is 4.71. The van der Waals surface area contributed by atoms with E-state index in [2.05, 4.69) is 18.8 Å². The van der Waals surface area contributed by atoms with Crippen LogP contribution in [0.25, 0.3) is 21.5 Å². The van der Waals surface area contributed by atoms with Crippen molar-refractivity contribution in [3.63, 3.8) is 0 Å². The first-order chi connectivity index (χ1) is 18.8. The number of carbonyl (C=O) groups excluding carboxylic acids is 2. The zero-order valence-corrected chi connectivity index (χ0v) is 24.4. The molecule has 0 aromatic carbocycles. The number of aromatic nitrogens is 2. The van der Waals surface area contributed by atoms with Crippen LogP contribution in [-0.2, 0) is 28.9 Å². The van der Waals surface area contributed by atoms with Gasteiger partial charge in [-0.05, 0) is 56.7 Å². The first-order valence-electron chi connectivity index (χ1n) is 12.7. The number of anilines is 1. The SMILES string of the molecule is C=CCn1c(SCC(=O)Nc2scc(-c3ccc(C)o3)c2C(=O)OCC)nc2sc3c(c2c1=O)CC[C@H](C)C3. The zero-order valence-electron chi connectivity index (χ0n) is 22.0. The van der Waals surface area contributed by atoms with Crippen LogP contribution < -0.4 is 10.9 Å². The number of rotatable bonds is 9. The molecule has 4 heterocycles. The minimum absolute atomic E-state index is 0.00652. The molecule has 5 rings (SSSR count). The number of allylic oxidation sites excluding steroid dienone is 1. The maximum atomic E-state index is 13.5. The molecule has 4 aromatic rings. The standard InChI is InChI=1S/C28H29N3O5S3/c1-5-11-31-26(33)22-17-9-7-15(3)12-20(17)39-25(22)30-28(31)38-14-21(32)29-24-23(27(34)35-6-2)18(13-37-24)19-10-8-16(4)36-19/h5,8,10,13,15H,1,6-7,9,11-12,14H2,2-4H3,(H,29,32)/t15-/m0/s1. The van der Waals surface area contributed by atoms with E-state index in [9.17, 15) is 14.4 Å². The van der Waals surface area contributed by atoms with Crippen LogP contribution >= 0.6 is 34.4 Å². The highest BCUT2D eigenvalue weighted by molar-refractivity contribution is 7.99. The van der Waals surface area contributed by atoms with E-state index < -0.39 is 5.97 Å². The number of nitrogens with zero attached hydrogens (tertiary/aromatic N) is 2. The highest BCUT2D eigenvalue weighted by Gasteiger charge is 2.26. The molecular weight excluding hydrogens is 555 g/mol. The minimum atomic E-state index is -0.534. The molecular formula is C28H29N3O5S3. The second-order valence-corrected chi connectivity index (χ2v) is 12.4. The molecule has 1 amide bonds. The summed E-state index contributed by atoms with van der Waals surface area (Å²) in [7, 11) is 0. The number of nitrogens with one attached hydrogen (secondary N) is 1. The van der Waals surface area contributed by atoms with Crippen LogP contribution in [0.15, 0.2) is 44.5 Å². The Hall–Kier alpha value is -3.15. The van der Waals surface area contributed by atoms with E-state index in [1.165, 1.54) is 28.0 Å². The Morgan fingerprint density at radius 2 is 2.21 bits per heavy atom. The lowest BCUT2D eigenvalue weighted by molar-refractivity contribution is -0.113. The Balaban J connectivity index is 1.40. The molecule has 0 saturated heterocycles. The van der Waals surface area contributed by atoms with E-state index >= 15 is 0 Å². The normalized spacial score (nSPS) is 14.8. The van der Waals surface area contributed by atoms with E-state index in [4.69, 9.17) is 14.1 Å². The van der Waals surface area contributed by atoms with Gasteiger partial charge in [0.15, 0.2) is 5.16 Å². The lowest BCUT2D eigenvalue weighted by Gasteiger charge is -2.17. The number of hydrogen-bond donors (Lipinski definition) is 1. The summed E-state index contributed by atoms with van der Waals surface area (Å²) in [6.07, 6.45) is 4.58. The number of aryl methyl sites for hydroxylation is 2. The predicted octanol–water partition coefficient (Wildman–Crippen LogP) is 6.31. The van der Waals surface area contributed by atoms with Crippen LogP contribution in [0, 0.1) is 12.8 Å². The van der Waals surface area contributed by atoms with Crippen LogP contribution in [0.5, 0.6) is 0 Å². The summed E-state index contributed by atoms with van der Waals surface area (Å²) in [5, 5.41) is 6.18. The molecule has 204 valence electrons. The summed E-state index contributed by atoms with van der Waals surface area (Å²) in [4.78, 5) is 46.1. The van der Waals surface area contributed by atoms with E-state index in [1.54, 1.807) is 40.4 Å². The predicted molar refractivity (Wildman–Crippen MR) is 157 cm³/mol. The molecule has 4 aromatic heterocycles. The van der Waals surface area contributed by atoms with Crippen molar-refractivity contribution < 1.29 is 18.7 Å². The molecule has 39 heavy (non-hydrogen) atoms. The summed E-state index contributed by atoms with van der Waals surface area (Å²) >= 11 is 4.01. The number of hydrogen-bond acceptors (Lipinski definition) is 9. The van der Waals surface area contributed by atoms with E-state index in [0.29, 0.717) is 45.1 Å². The third-order valence-corrected chi connectivity index (χ3v) is 9.57. The maximum Gasteiger partial charge on any atom is 0.341 e. The first kappa shape index (κ1) is 27.4. The molecule has 0 fully saturated rings. The monoisotopic (exact) mass is 583 g/mol. The molecule has 1 aliphatic rings. The van der Waals surface area contributed by atoms with Crippen LogP contribution in [0.4, 0.5) is 5.00 Å². The smallest absolute Gasteiger partial charge is 0.341 e. The highest BCUT2D eigenvalue weighted by Crippen LogP contribution is 2.38. The molecule has 1 atom stereocenters. The van der Waals surface area contributed by atoms with Crippen LogP contribution in [0.3, 0.4) is 0 Å². The van der Waals surface area contributed by atoms with Crippen molar-refractivity contribution in [1.82, 2.24) is 9.55 Å². The maximum absolute atomic E-state index is 13.5. The molecule has 0 unspecified atom stereocenters. The van der Waals surface area contributed by atoms with Gasteiger partial charge >= 0.3 is 5.97 Å². The largest absolute Gasteiger partial charge is 0.462 e. The van der Waals surface area contributed by atoms with Gasteiger partial charge in [-0.15, -0.1) is 29.3 Å². The van der Waals surface area contributed by atoms with Crippen LogP contribution in [0.2, 0.25) is 0 Å². The van der Waals surface area contributed by atoms with Gasteiger partial charge in [-0.1, -0.05) is 24.8 Å². The topological polar surface area (TPSA) is 103 Å². The van der Waals surface area contributed by atoms with Gasteiger partial charge in [-0.3, -0.25) is 14.2 Å². The Morgan fingerprint density at radius 1 is 1.38 bits per heavy atom. The molecule has 11 heteroatoms. The number of amides is 1. The van der Waals surface area contributed by atoms with Crippen molar-refractivity contribution in [2.75, 3.05) is 17.7 Å². The number of ether oxygens (including phenoxy) is 1. The Bertz CT molecular complexity index is 1630. The molecule has 0 bridgehead atoms. The lowest BCUT2D eigenvalue weighted by atomic mass is 9.89. The van der Waals surface area contributed by atoms with Crippen molar-refractivity contribution in [3.8, 4) is 11.3 Å². The first-order valence-corrected chi connectivity index (χ1v) is 15.4. The van der Waals surface area contributed by atoms with Crippen molar-refractivity contribution >= 4 is 61.5 Å². The number of thiophene rings is 2. The second kappa shape index (κ2) is 11.5. The number of carbonyl (C=O) groups is 2. The van der Waals surface area contributed by atoms with Gasteiger partial charge in [0.25, 0.3) is 5.56 Å².